The minimum Gasteiger partial charge on any atom is -0.463 e. The van der Waals surface area contributed by atoms with Crippen LogP contribution < -0.4 is 10.6 Å². The van der Waals surface area contributed by atoms with Crippen molar-refractivity contribution in [2.24, 2.45) is 0 Å². The average Bonchev–Trinajstić information content (AvgIpc) is 2.90. The Morgan fingerprint density at radius 2 is 2.00 bits per heavy atom. The molecule has 1 aromatic carbocycles. The Balaban J connectivity index is 1.79. The maximum Gasteiger partial charge on any atom is 0.315 e. The summed E-state index contributed by atoms with van der Waals surface area (Å²) < 4.78 is 4.99. The number of H-pyrrole nitrogens is 1. The molecule has 3 N–H and O–H groups in total. The number of carbonyl (C=O) groups excluding carboxylic acids is 2. The zero-order valence-corrected chi connectivity index (χ0v) is 13.6. The monoisotopic (exact) mass is 318 g/mol. The molecule has 2 rings (SSSR count). The number of urea groups is 1. The van der Waals surface area contributed by atoms with Gasteiger partial charge in [-0.2, -0.15) is 0 Å². The van der Waals surface area contributed by atoms with Crippen LogP contribution in [0.1, 0.15) is 39.1 Å². The van der Waals surface area contributed by atoms with Crippen molar-refractivity contribution in [3.8, 4) is 0 Å². The van der Waals surface area contributed by atoms with Crippen molar-refractivity contribution in [2.45, 2.75) is 39.3 Å². The summed E-state index contributed by atoms with van der Waals surface area (Å²) in [7, 11) is 0. The van der Waals surface area contributed by atoms with Crippen molar-refractivity contribution in [3.63, 3.8) is 0 Å². The zero-order valence-electron chi connectivity index (χ0n) is 13.6. The molecule has 1 aromatic heterocycles. The molecule has 23 heavy (non-hydrogen) atoms. The summed E-state index contributed by atoms with van der Waals surface area (Å²) in [6, 6.07) is 7.04. The minimum absolute atomic E-state index is 0.143. The van der Waals surface area contributed by atoms with Gasteiger partial charge in [0.05, 0.1) is 29.6 Å². The Kier molecular flexibility index (Phi) is 5.56. The summed E-state index contributed by atoms with van der Waals surface area (Å²) in [6.07, 6.45) is -0.00520. The second-order valence-corrected chi connectivity index (χ2v) is 5.55. The number of nitrogens with zero attached hydrogens (tertiary/aromatic N) is 1. The van der Waals surface area contributed by atoms with Crippen molar-refractivity contribution >= 4 is 23.0 Å². The Bertz CT molecular complexity index is 648. The van der Waals surface area contributed by atoms with Crippen LogP contribution >= 0.6 is 0 Å². The number of benzene rings is 1. The molecule has 124 valence electrons. The molecule has 0 saturated carbocycles. The van der Waals surface area contributed by atoms with Crippen molar-refractivity contribution in [2.75, 3.05) is 6.54 Å². The van der Waals surface area contributed by atoms with Gasteiger partial charge in [-0.3, -0.25) is 4.79 Å². The number of para-hydroxylation sites is 2. The second kappa shape index (κ2) is 7.62. The molecule has 2 amide bonds. The summed E-state index contributed by atoms with van der Waals surface area (Å²) >= 11 is 0. The highest BCUT2D eigenvalue weighted by Gasteiger charge is 2.13. The number of aromatic amines is 1. The van der Waals surface area contributed by atoms with Crippen LogP contribution in [-0.4, -0.2) is 34.6 Å². The average molecular weight is 318 g/mol. The number of nitrogens with one attached hydrogen (secondary N) is 3. The zero-order chi connectivity index (χ0) is 16.8. The summed E-state index contributed by atoms with van der Waals surface area (Å²) in [5, 5.41) is 5.40. The summed E-state index contributed by atoms with van der Waals surface area (Å²) in [5.74, 6) is 0.353. The van der Waals surface area contributed by atoms with Crippen LogP contribution in [0.15, 0.2) is 24.3 Å². The molecule has 2 aromatic rings. The third-order valence-corrected chi connectivity index (χ3v) is 3.15. The molecular formula is C16H22N4O3. The Labute approximate surface area is 134 Å². The first kappa shape index (κ1) is 16.8. The molecule has 0 aliphatic carbocycles. The van der Waals surface area contributed by atoms with Gasteiger partial charge >= 0.3 is 12.0 Å². The highest BCUT2D eigenvalue weighted by atomic mass is 16.5. The van der Waals surface area contributed by atoms with Gasteiger partial charge in [0.15, 0.2) is 0 Å². The van der Waals surface area contributed by atoms with Crippen LogP contribution in [0, 0.1) is 0 Å². The molecule has 1 atom stereocenters. The lowest BCUT2D eigenvalue weighted by atomic mass is 10.3. The second-order valence-electron chi connectivity index (χ2n) is 5.55. The van der Waals surface area contributed by atoms with E-state index < -0.39 is 0 Å². The van der Waals surface area contributed by atoms with Crippen LogP contribution in [0.25, 0.3) is 11.0 Å². The number of hydrogen-bond acceptors (Lipinski definition) is 4. The number of rotatable bonds is 6. The number of esters is 1. The van der Waals surface area contributed by atoms with Crippen LogP contribution in [-0.2, 0) is 9.53 Å². The lowest BCUT2D eigenvalue weighted by Crippen LogP contribution is -2.38. The van der Waals surface area contributed by atoms with Gasteiger partial charge in [0, 0.05) is 6.54 Å². The normalized spacial score (nSPS) is 12.2. The lowest BCUT2D eigenvalue weighted by Gasteiger charge is -2.13. The van der Waals surface area contributed by atoms with E-state index in [9.17, 15) is 9.59 Å². The number of ether oxygens (including phenoxy) is 1. The van der Waals surface area contributed by atoms with Gasteiger partial charge < -0.3 is 20.4 Å². The smallest absolute Gasteiger partial charge is 0.315 e. The maximum atomic E-state index is 11.8. The van der Waals surface area contributed by atoms with Crippen LogP contribution in [0.5, 0.6) is 0 Å². The highest BCUT2D eigenvalue weighted by Crippen LogP contribution is 2.15. The van der Waals surface area contributed by atoms with E-state index in [-0.39, 0.29) is 37.1 Å². The molecule has 7 heteroatoms. The third kappa shape index (κ3) is 4.98. The SMILES string of the molecule is CC(C)OC(=O)CCNC(=O)NC(C)c1nc2ccccc2[nH]1. The first-order valence-corrected chi connectivity index (χ1v) is 7.64. The summed E-state index contributed by atoms with van der Waals surface area (Å²) in [5.41, 5.74) is 1.78. The van der Waals surface area contributed by atoms with Crippen molar-refractivity contribution < 1.29 is 14.3 Å². The van der Waals surface area contributed by atoms with Gasteiger partial charge in [0.25, 0.3) is 0 Å². The third-order valence-electron chi connectivity index (χ3n) is 3.15. The van der Waals surface area contributed by atoms with Gasteiger partial charge in [-0.15, -0.1) is 0 Å². The van der Waals surface area contributed by atoms with Gasteiger partial charge in [-0.25, -0.2) is 9.78 Å². The van der Waals surface area contributed by atoms with Crippen LogP contribution in [0.3, 0.4) is 0 Å². The quantitative estimate of drug-likeness (QED) is 0.712. The van der Waals surface area contributed by atoms with E-state index in [1.54, 1.807) is 13.8 Å². The molecule has 0 saturated heterocycles. The predicted octanol–water partition coefficient (Wildman–Crippen LogP) is 2.26. The lowest BCUT2D eigenvalue weighted by molar-refractivity contribution is -0.147. The van der Waals surface area contributed by atoms with Crippen molar-refractivity contribution in [3.05, 3.63) is 30.1 Å². The molecule has 7 nitrogen and oxygen atoms in total. The molecular weight excluding hydrogens is 296 g/mol. The van der Waals surface area contributed by atoms with Gasteiger partial charge in [0.2, 0.25) is 0 Å². The summed E-state index contributed by atoms with van der Waals surface area (Å²) in [4.78, 5) is 30.8. The predicted molar refractivity (Wildman–Crippen MR) is 86.9 cm³/mol. The standard InChI is InChI=1S/C16H22N4O3/c1-10(2)23-14(21)8-9-17-16(22)18-11(3)15-19-12-6-4-5-7-13(12)20-15/h4-7,10-11H,8-9H2,1-3H3,(H,19,20)(H2,17,18,22). The molecule has 1 heterocycles. The van der Waals surface area contributed by atoms with Gasteiger partial charge in [-0.1, -0.05) is 12.1 Å². The molecule has 0 fully saturated rings. The largest absolute Gasteiger partial charge is 0.463 e. The Morgan fingerprint density at radius 3 is 2.70 bits per heavy atom. The summed E-state index contributed by atoms with van der Waals surface area (Å²) in [6.45, 7) is 5.63. The van der Waals surface area contributed by atoms with Crippen LogP contribution in [0.4, 0.5) is 4.79 Å². The molecule has 0 bridgehead atoms. The Morgan fingerprint density at radius 1 is 1.26 bits per heavy atom. The van der Waals surface area contributed by atoms with Crippen molar-refractivity contribution in [1.82, 2.24) is 20.6 Å². The van der Waals surface area contributed by atoms with E-state index in [1.165, 1.54) is 0 Å². The van der Waals surface area contributed by atoms with E-state index in [1.807, 2.05) is 31.2 Å². The van der Waals surface area contributed by atoms with E-state index in [0.29, 0.717) is 5.82 Å². The first-order chi connectivity index (χ1) is 11.0. The van der Waals surface area contributed by atoms with Gasteiger partial charge in [0.1, 0.15) is 5.82 Å². The number of carbonyl (C=O) groups is 2. The van der Waals surface area contributed by atoms with E-state index in [2.05, 4.69) is 20.6 Å². The molecule has 0 spiro atoms. The Hall–Kier alpha value is -2.57. The van der Waals surface area contributed by atoms with E-state index in [0.717, 1.165) is 11.0 Å². The fourth-order valence-corrected chi connectivity index (χ4v) is 2.09. The fourth-order valence-electron chi connectivity index (χ4n) is 2.09. The van der Waals surface area contributed by atoms with E-state index in [4.69, 9.17) is 4.74 Å². The number of imidazole rings is 1. The maximum absolute atomic E-state index is 11.8. The van der Waals surface area contributed by atoms with Crippen molar-refractivity contribution in [1.29, 1.82) is 0 Å². The number of hydrogen-bond donors (Lipinski definition) is 3. The highest BCUT2D eigenvalue weighted by molar-refractivity contribution is 5.77. The molecule has 0 radical (unpaired) electrons. The number of amides is 2. The fraction of sp³-hybridized carbons (Fsp3) is 0.438. The van der Waals surface area contributed by atoms with Crippen LogP contribution in [0.2, 0.25) is 0 Å². The minimum atomic E-state index is -0.352. The van der Waals surface area contributed by atoms with E-state index >= 15 is 0 Å². The van der Waals surface area contributed by atoms with Gasteiger partial charge in [-0.05, 0) is 32.9 Å². The first-order valence-electron chi connectivity index (χ1n) is 7.64. The number of aromatic nitrogens is 2. The molecule has 1 unspecified atom stereocenters. The number of fused-ring (bicyclic) bond motifs is 1. The molecule has 0 aliphatic rings. The topological polar surface area (TPSA) is 96.1 Å². The molecule has 0 aliphatic heterocycles.